The predicted octanol–water partition coefficient (Wildman–Crippen LogP) is 3.20. The monoisotopic (exact) mass is 332 g/mol. The van der Waals surface area contributed by atoms with Crippen molar-refractivity contribution in [1.29, 1.82) is 0 Å². The molecule has 0 aliphatic carbocycles. The maximum atomic E-state index is 5.23. The molecule has 0 radical (unpaired) electrons. The van der Waals surface area contributed by atoms with E-state index in [0.717, 1.165) is 33.0 Å². The van der Waals surface area contributed by atoms with Crippen LogP contribution in [0.1, 0.15) is 0 Å². The lowest BCUT2D eigenvalue weighted by atomic mass is 10.2. The molecule has 0 amide bonds. The van der Waals surface area contributed by atoms with Gasteiger partial charge >= 0.3 is 0 Å². The van der Waals surface area contributed by atoms with Crippen LogP contribution >= 0.6 is 31.9 Å². The SMILES string of the molecule is COc1ccc2nn(CCBr)cc2c1Br. The maximum Gasteiger partial charge on any atom is 0.133 e. The van der Waals surface area contributed by atoms with Crippen molar-refractivity contribution < 1.29 is 4.74 Å². The van der Waals surface area contributed by atoms with Crippen LogP contribution in [0.25, 0.3) is 10.9 Å². The van der Waals surface area contributed by atoms with Gasteiger partial charge in [0.2, 0.25) is 0 Å². The number of aryl methyl sites for hydroxylation is 1. The fraction of sp³-hybridized carbons (Fsp3) is 0.300. The van der Waals surface area contributed by atoms with Crippen LogP contribution in [0.3, 0.4) is 0 Å². The topological polar surface area (TPSA) is 27.1 Å². The first-order valence-corrected chi connectivity index (χ1v) is 6.43. The largest absolute Gasteiger partial charge is 0.496 e. The highest BCUT2D eigenvalue weighted by molar-refractivity contribution is 9.10. The minimum atomic E-state index is 0.834. The standard InChI is InChI=1S/C10H10Br2N2O/c1-15-9-3-2-8-7(10(9)12)6-14(13-8)5-4-11/h2-3,6H,4-5H2,1H3. The van der Waals surface area contributed by atoms with E-state index in [1.807, 2.05) is 23.0 Å². The summed E-state index contributed by atoms with van der Waals surface area (Å²) in [6.45, 7) is 0.865. The zero-order chi connectivity index (χ0) is 10.8. The number of fused-ring (bicyclic) bond motifs is 1. The van der Waals surface area contributed by atoms with Crippen molar-refractivity contribution in [1.82, 2.24) is 9.78 Å². The fourth-order valence-corrected chi connectivity index (χ4v) is 2.41. The first-order chi connectivity index (χ1) is 7.26. The second kappa shape index (κ2) is 4.53. The van der Waals surface area contributed by atoms with Gasteiger partial charge in [-0.1, -0.05) is 15.9 Å². The average molecular weight is 334 g/mol. The van der Waals surface area contributed by atoms with Crippen LogP contribution < -0.4 is 4.74 Å². The van der Waals surface area contributed by atoms with Crippen molar-refractivity contribution in [2.75, 3.05) is 12.4 Å². The fourth-order valence-electron chi connectivity index (χ4n) is 1.45. The van der Waals surface area contributed by atoms with Crippen LogP contribution in [-0.4, -0.2) is 22.2 Å². The number of methoxy groups -OCH3 is 1. The Balaban J connectivity index is 2.55. The lowest BCUT2D eigenvalue weighted by Gasteiger charge is -2.01. The Hall–Kier alpha value is -0.550. The Kier molecular flexibility index (Phi) is 3.31. The smallest absolute Gasteiger partial charge is 0.133 e. The number of ether oxygens (including phenoxy) is 1. The molecule has 2 rings (SSSR count). The molecule has 0 saturated carbocycles. The molecule has 0 atom stereocenters. The summed E-state index contributed by atoms with van der Waals surface area (Å²) in [6, 6.07) is 3.88. The summed E-state index contributed by atoms with van der Waals surface area (Å²) >= 11 is 6.91. The van der Waals surface area contributed by atoms with E-state index in [9.17, 15) is 0 Å². The summed E-state index contributed by atoms with van der Waals surface area (Å²) in [6.07, 6.45) is 2.02. The summed E-state index contributed by atoms with van der Waals surface area (Å²) in [5, 5.41) is 6.42. The van der Waals surface area contributed by atoms with Crippen LogP contribution in [0.15, 0.2) is 22.8 Å². The molecule has 1 aromatic carbocycles. The molecule has 0 bridgehead atoms. The number of halogens is 2. The van der Waals surface area contributed by atoms with Gasteiger partial charge < -0.3 is 4.74 Å². The van der Waals surface area contributed by atoms with Gasteiger partial charge in [0, 0.05) is 16.9 Å². The molecule has 0 aliphatic rings. The maximum absolute atomic E-state index is 5.23. The molecule has 0 fully saturated rings. The number of hydrogen-bond acceptors (Lipinski definition) is 2. The summed E-state index contributed by atoms with van der Waals surface area (Å²) in [5.74, 6) is 0.834. The third-order valence-corrected chi connectivity index (χ3v) is 3.34. The lowest BCUT2D eigenvalue weighted by molar-refractivity contribution is 0.413. The van der Waals surface area contributed by atoms with Gasteiger partial charge in [-0.15, -0.1) is 0 Å². The van der Waals surface area contributed by atoms with Crippen molar-refractivity contribution in [2.24, 2.45) is 0 Å². The summed E-state index contributed by atoms with van der Waals surface area (Å²) in [4.78, 5) is 0. The quantitative estimate of drug-likeness (QED) is 0.806. The van der Waals surface area contributed by atoms with Crippen molar-refractivity contribution >= 4 is 42.8 Å². The van der Waals surface area contributed by atoms with Gasteiger partial charge in [-0.2, -0.15) is 5.10 Å². The van der Waals surface area contributed by atoms with Crippen LogP contribution in [0, 0.1) is 0 Å². The Morgan fingerprint density at radius 2 is 2.27 bits per heavy atom. The van der Waals surface area contributed by atoms with Crippen LogP contribution in [-0.2, 0) is 6.54 Å². The van der Waals surface area contributed by atoms with Crippen molar-refractivity contribution in [3.63, 3.8) is 0 Å². The molecular weight excluding hydrogens is 324 g/mol. The number of alkyl halides is 1. The zero-order valence-corrected chi connectivity index (χ0v) is 11.4. The molecule has 0 aliphatic heterocycles. The van der Waals surface area contributed by atoms with Crippen molar-refractivity contribution in [2.45, 2.75) is 6.54 Å². The van der Waals surface area contributed by atoms with Gasteiger partial charge in [-0.3, -0.25) is 4.68 Å². The molecule has 1 heterocycles. The van der Waals surface area contributed by atoms with E-state index >= 15 is 0 Å². The van der Waals surface area contributed by atoms with Crippen molar-refractivity contribution in [3.05, 3.63) is 22.8 Å². The van der Waals surface area contributed by atoms with E-state index in [-0.39, 0.29) is 0 Å². The van der Waals surface area contributed by atoms with Gasteiger partial charge in [-0.05, 0) is 28.1 Å². The van der Waals surface area contributed by atoms with Gasteiger partial charge in [0.15, 0.2) is 0 Å². The summed E-state index contributed by atoms with van der Waals surface area (Å²) in [7, 11) is 1.66. The first-order valence-electron chi connectivity index (χ1n) is 4.52. The molecule has 80 valence electrons. The molecule has 1 aromatic heterocycles. The van der Waals surface area contributed by atoms with Crippen LogP contribution in [0.2, 0.25) is 0 Å². The first kappa shape index (κ1) is 11.0. The minimum absolute atomic E-state index is 0.834. The second-order valence-electron chi connectivity index (χ2n) is 3.10. The highest BCUT2D eigenvalue weighted by Crippen LogP contribution is 2.32. The molecule has 0 unspecified atom stereocenters. The highest BCUT2D eigenvalue weighted by atomic mass is 79.9. The summed E-state index contributed by atoms with van der Waals surface area (Å²) < 4.78 is 8.11. The normalized spacial score (nSPS) is 10.9. The van der Waals surface area contributed by atoms with E-state index in [1.54, 1.807) is 7.11 Å². The van der Waals surface area contributed by atoms with Crippen molar-refractivity contribution in [3.8, 4) is 5.75 Å². The Labute approximate surface area is 105 Å². The Morgan fingerprint density at radius 1 is 1.47 bits per heavy atom. The Morgan fingerprint density at radius 3 is 2.93 bits per heavy atom. The van der Waals surface area contributed by atoms with Gasteiger partial charge in [-0.25, -0.2) is 0 Å². The van der Waals surface area contributed by atoms with E-state index in [0.29, 0.717) is 0 Å². The number of rotatable bonds is 3. The highest BCUT2D eigenvalue weighted by Gasteiger charge is 2.08. The van der Waals surface area contributed by atoms with E-state index in [1.165, 1.54) is 0 Å². The molecule has 0 spiro atoms. The van der Waals surface area contributed by atoms with Gasteiger partial charge in [0.1, 0.15) is 5.75 Å². The average Bonchev–Trinajstić information content (AvgIpc) is 2.63. The summed E-state index contributed by atoms with van der Waals surface area (Å²) in [5.41, 5.74) is 0.976. The third-order valence-electron chi connectivity index (χ3n) is 2.17. The van der Waals surface area contributed by atoms with E-state index in [2.05, 4.69) is 37.0 Å². The Bertz CT molecular complexity index is 481. The number of benzene rings is 1. The molecular formula is C10H10Br2N2O. The molecule has 15 heavy (non-hydrogen) atoms. The van der Waals surface area contributed by atoms with E-state index < -0.39 is 0 Å². The molecule has 0 N–H and O–H groups in total. The van der Waals surface area contributed by atoms with Crippen LogP contribution in [0.4, 0.5) is 0 Å². The minimum Gasteiger partial charge on any atom is -0.496 e. The zero-order valence-electron chi connectivity index (χ0n) is 8.20. The van der Waals surface area contributed by atoms with Crippen LogP contribution in [0.5, 0.6) is 5.75 Å². The number of nitrogens with zero attached hydrogens (tertiary/aromatic N) is 2. The number of aromatic nitrogens is 2. The van der Waals surface area contributed by atoms with E-state index in [4.69, 9.17) is 4.74 Å². The predicted molar refractivity (Wildman–Crippen MR) is 67.8 cm³/mol. The van der Waals surface area contributed by atoms with Gasteiger partial charge in [0.25, 0.3) is 0 Å². The van der Waals surface area contributed by atoms with Gasteiger partial charge in [0.05, 0.1) is 23.6 Å². The second-order valence-corrected chi connectivity index (χ2v) is 4.68. The lowest BCUT2D eigenvalue weighted by Crippen LogP contribution is -1.97. The molecule has 5 heteroatoms. The third kappa shape index (κ3) is 2.03. The number of hydrogen-bond donors (Lipinski definition) is 0. The molecule has 2 aromatic rings. The molecule has 3 nitrogen and oxygen atoms in total. The molecule has 0 saturated heterocycles.